The molecular weight excluding hydrogens is 527 g/mol. The zero-order valence-corrected chi connectivity index (χ0v) is 20.7. The van der Waals surface area contributed by atoms with Crippen LogP contribution in [0.3, 0.4) is 0 Å². The van der Waals surface area contributed by atoms with Crippen LogP contribution in [0.25, 0.3) is 0 Å². The van der Waals surface area contributed by atoms with Gasteiger partial charge in [0.1, 0.15) is 11.6 Å². The summed E-state index contributed by atoms with van der Waals surface area (Å²) >= 11 is 0. The topological polar surface area (TPSA) is 60.0 Å². The van der Waals surface area contributed by atoms with Crippen LogP contribution in [0, 0.1) is 11.6 Å². The van der Waals surface area contributed by atoms with Crippen LogP contribution < -0.4 is 15.5 Å². The Kier molecular flexibility index (Phi) is 10.1. The van der Waals surface area contributed by atoms with E-state index < -0.39 is 11.6 Å². The van der Waals surface area contributed by atoms with Gasteiger partial charge in [0.15, 0.2) is 5.96 Å². The minimum atomic E-state index is -0.585. The van der Waals surface area contributed by atoms with Crippen molar-refractivity contribution in [3.05, 3.63) is 65.7 Å². The largest absolute Gasteiger partial charge is 0.367 e. The maximum absolute atomic E-state index is 14.1. The van der Waals surface area contributed by atoms with Gasteiger partial charge in [-0.3, -0.25) is 9.79 Å². The van der Waals surface area contributed by atoms with E-state index in [1.165, 1.54) is 12.1 Å². The van der Waals surface area contributed by atoms with E-state index in [1.807, 2.05) is 42.2 Å². The lowest BCUT2D eigenvalue weighted by molar-refractivity contribution is -0.130. The van der Waals surface area contributed by atoms with Crippen LogP contribution in [0.2, 0.25) is 0 Å². The first kappa shape index (κ1) is 25.8. The minimum absolute atomic E-state index is 0. The van der Waals surface area contributed by atoms with Crippen molar-refractivity contribution in [3.8, 4) is 0 Å². The molecule has 1 unspecified atom stereocenters. The van der Waals surface area contributed by atoms with Crippen LogP contribution in [-0.4, -0.2) is 56.0 Å². The van der Waals surface area contributed by atoms with E-state index in [4.69, 9.17) is 0 Å². The summed E-state index contributed by atoms with van der Waals surface area (Å²) in [5.74, 6) is -0.643. The molecule has 32 heavy (non-hydrogen) atoms. The first-order chi connectivity index (χ1) is 15.0. The molecule has 0 spiro atoms. The van der Waals surface area contributed by atoms with Gasteiger partial charge in [-0.15, -0.1) is 24.0 Å². The highest BCUT2D eigenvalue weighted by Gasteiger charge is 2.25. The summed E-state index contributed by atoms with van der Waals surface area (Å²) < 4.78 is 27.2. The highest BCUT2D eigenvalue weighted by atomic mass is 127. The van der Waals surface area contributed by atoms with E-state index in [1.54, 1.807) is 11.9 Å². The second kappa shape index (κ2) is 12.6. The van der Waals surface area contributed by atoms with Crippen LogP contribution in [0.1, 0.15) is 18.9 Å². The number of benzene rings is 2. The second-order valence-electron chi connectivity index (χ2n) is 7.49. The quantitative estimate of drug-likeness (QED) is 0.312. The zero-order valence-electron chi connectivity index (χ0n) is 18.4. The van der Waals surface area contributed by atoms with Crippen molar-refractivity contribution in [1.29, 1.82) is 0 Å². The first-order valence-corrected chi connectivity index (χ1v) is 10.5. The fourth-order valence-electron chi connectivity index (χ4n) is 3.67. The number of nitrogens with zero attached hydrogens (tertiary/aromatic N) is 3. The van der Waals surface area contributed by atoms with Gasteiger partial charge in [-0.1, -0.05) is 30.3 Å². The molecule has 2 aromatic carbocycles. The summed E-state index contributed by atoms with van der Waals surface area (Å²) in [6.07, 6.45) is 0.778. The highest BCUT2D eigenvalue weighted by molar-refractivity contribution is 14.0. The molecule has 1 aliphatic rings. The molecule has 1 amide bonds. The lowest BCUT2D eigenvalue weighted by Gasteiger charge is -2.23. The first-order valence-electron chi connectivity index (χ1n) is 10.5. The third-order valence-electron chi connectivity index (χ3n) is 5.36. The molecule has 0 bridgehead atoms. The van der Waals surface area contributed by atoms with Gasteiger partial charge in [-0.25, -0.2) is 8.78 Å². The molecule has 0 aliphatic carbocycles. The zero-order chi connectivity index (χ0) is 22.2. The Morgan fingerprint density at radius 2 is 1.97 bits per heavy atom. The molecule has 3 rings (SSSR count). The summed E-state index contributed by atoms with van der Waals surface area (Å²) in [5, 5.41) is 6.36. The standard InChI is InChI=1S/C23H29F2N5O.HI/c1-3-29(15-17-7-5-4-6-8-17)22(31)14-27-23(26-2)28-19-11-12-30(16-19)21-10-9-18(24)13-20(21)25;/h4-10,13,19H,3,11-12,14-16H2,1-2H3,(H2,26,27,28);1H. The Balaban J connectivity index is 0.00000363. The van der Waals surface area contributed by atoms with Gasteiger partial charge in [-0.2, -0.15) is 0 Å². The summed E-state index contributed by atoms with van der Waals surface area (Å²) in [5.41, 5.74) is 1.47. The van der Waals surface area contributed by atoms with Crippen LogP contribution in [0.4, 0.5) is 14.5 Å². The molecule has 1 saturated heterocycles. The minimum Gasteiger partial charge on any atom is -0.367 e. The average Bonchev–Trinajstić information content (AvgIpc) is 3.23. The highest BCUT2D eigenvalue weighted by Crippen LogP contribution is 2.24. The smallest absolute Gasteiger partial charge is 0.242 e. The molecule has 6 nitrogen and oxygen atoms in total. The molecule has 2 aromatic rings. The number of hydrogen-bond donors (Lipinski definition) is 2. The molecule has 2 N–H and O–H groups in total. The van der Waals surface area contributed by atoms with Gasteiger partial charge < -0.3 is 20.4 Å². The number of nitrogens with one attached hydrogen (secondary N) is 2. The number of amides is 1. The normalized spacial score (nSPS) is 15.8. The van der Waals surface area contributed by atoms with Crippen LogP contribution >= 0.6 is 24.0 Å². The van der Waals surface area contributed by atoms with Crippen LogP contribution in [0.5, 0.6) is 0 Å². The molecule has 0 saturated carbocycles. The third kappa shape index (κ3) is 7.04. The third-order valence-corrected chi connectivity index (χ3v) is 5.36. The molecule has 1 heterocycles. The second-order valence-corrected chi connectivity index (χ2v) is 7.49. The molecule has 174 valence electrons. The van der Waals surface area contributed by atoms with E-state index >= 15 is 0 Å². The molecule has 1 atom stereocenters. The Bertz CT molecular complexity index is 913. The Morgan fingerprint density at radius 3 is 2.62 bits per heavy atom. The van der Waals surface area contributed by atoms with Crippen molar-refractivity contribution in [3.63, 3.8) is 0 Å². The van der Waals surface area contributed by atoms with Gasteiger partial charge in [0, 0.05) is 45.3 Å². The fourth-order valence-corrected chi connectivity index (χ4v) is 3.67. The van der Waals surface area contributed by atoms with Crippen molar-refractivity contribution < 1.29 is 13.6 Å². The van der Waals surface area contributed by atoms with E-state index in [0.29, 0.717) is 37.8 Å². The van der Waals surface area contributed by atoms with Crippen molar-refractivity contribution >= 4 is 41.5 Å². The molecule has 9 heteroatoms. The van der Waals surface area contributed by atoms with Gasteiger partial charge in [0.25, 0.3) is 0 Å². The van der Waals surface area contributed by atoms with Gasteiger partial charge in [0.05, 0.1) is 12.2 Å². The molecule has 0 radical (unpaired) electrons. The van der Waals surface area contributed by atoms with E-state index in [2.05, 4.69) is 15.6 Å². The lowest BCUT2D eigenvalue weighted by Crippen LogP contribution is -2.48. The van der Waals surface area contributed by atoms with Crippen molar-refractivity contribution in [1.82, 2.24) is 15.5 Å². The number of likely N-dealkylation sites (N-methyl/N-ethyl adjacent to an activating group) is 1. The number of hydrogen-bond acceptors (Lipinski definition) is 3. The summed E-state index contributed by atoms with van der Waals surface area (Å²) in [4.78, 5) is 20.5. The number of carbonyl (C=O) groups is 1. The van der Waals surface area contributed by atoms with Crippen LogP contribution in [-0.2, 0) is 11.3 Å². The monoisotopic (exact) mass is 557 g/mol. The Hall–Kier alpha value is -2.43. The van der Waals surface area contributed by atoms with E-state index in [0.717, 1.165) is 18.1 Å². The SMILES string of the molecule is CCN(Cc1ccccc1)C(=O)CNC(=NC)NC1CCN(c2ccc(F)cc2F)C1.I. The van der Waals surface area contributed by atoms with Crippen molar-refractivity contribution in [2.45, 2.75) is 25.9 Å². The van der Waals surface area contributed by atoms with Crippen molar-refractivity contribution in [2.75, 3.05) is 38.1 Å². The average molecular weight is 557 g/mol. The van der Waals surface area contributed by atoms with E-state index in [9.17, 15) is 13.6 Å². The molecular formula is C23H30F2IN5O. The number of anilines is 1. The van der Waals surface area contributed by atoms with Crippen molar-refractivity contribution in [2.24, 2.45) is 4.99 Å². The van der Waals surface area contributed by atoms with Crippen LogP contribution in [0.15, 0.2) is 53.5 Å². The number of carbonyl (C=O) groups excluding carboxylic acids is 1. The fraction of sp³-hybridized carbons (Fsp3) is 0.391. The number of rotatable bonds is 7. The molecule has 1 fully saturated rings. The van der Waals surface area contributed by atoms with Gasteiger partial charge >= 0.3 is 0 Å². The van der Waals surface area contributed by atoms with Gasteiger partial charge in [-0.05, 0) is 31.0 Å². The maximum atomic E-state index is 14.1. The Labute approximate surface area is 205 Å². The number of guanidine groups is 1. The number of halogens is 3. The molecule has 1 aliphatic heterocycles. The Morgan fingerprint density at radius 1 is 1.22 bits per heavy atom. The summed E-state index contributed by atoms with van der Waals surface area (Å²) in [6.45, 7) is 4.47. The summed E-state index contributed by atoms with van der Waals surface area (Å²) in [7, 11) is 1.65. The number of aliphatic imine (C=N–C) groups is 1. The lowest BCUT2D eigenvalue weighted by atomic mass is 10.2. The predicted octanol–water partition coefficient (Wildman–Crippen LogP) is 3.38. The van der Waals surface area contributed by atoms with E-state index in [-0.39, 0.29) is 42.5 Å². The molecule has 0 aromatic heterocycles. The predicted molar refractivity (Wildman–Crippen MR) is 134 cm³/mol. The van der Waals surface area contributed by atoms with Gasteiger partial charge in [0.2, 0.25) is 5.91 Å². The summed E-state index contributed by atoms with van der Waals surface area (Å²) in [6, 6.07) is 13.5. The maximum Gasteiger partial charge on any atom is 0.242 e.